The van der Waals surface area contributed by atoms with Crippen molar-refractivity contribution >= 4 is 36.4 Å². The van der Waals surface area contributed by atoms with E-state index < -0.39 is 0 Å². The average Bonchev–Trinajstić information content (AvgIpc) is 3.12. The van der Waals surface area contributed by atoms with Gasteiger partial charge in [-0.1, -0.05) is 12.1 Å². The highest BCUT2D eigenvalue weighted by Crippen LogP contribution is 2.14. The Morgan fingerprint density at radius 2 is 2.27 bits per heavy atom. The van der Waals surface area contributed by atoms with E-state index in [-0.39, 0.29) is 36.8 Å². The van der Waals surface area contributed by atoms with Crippen molar-refractivity contribution in [2.24, 2.45) is 0 Å². The van der Waals surface area contributed by atoms with Crippen LogP contribution in [0.15, 0.2) is 36.9 Å². The molecule has 3 rings (SSSR count). The van der Waals surface area contributed by atoms with Crippen LogP contribution < -0.4 is 10.6 Å². The number of nitrogens with one attached hydrogen (secondary N) is 2. The third kappa shape index (κ3) is 4.69. The van der Waals surface area contributed by atoms with E-state index in [1.165, 1.54) is 6.33 Å². The number of carbonyl (C=O) groups is 1. The monoisotopic (exact) mass is 343 g/mol. The van der Waals surface area contributed by atoms with Crippen LogP contribution in [-0.2, 0) is 11.3 Å². The maximum atomic E-state index is 12.0. The van der Waals surface area contributed by atoms with Gasteiger partial charge in [0.1, 0.15) is 12.7 Å². The number of anilines is 1. The number of hydrogen-bond donors (Lipinski definition) is 2. The molecule has 0 saturated carbocycles. The maximum Gasteiger partial charge on any atom is 0.241 e. The fourth-order valence-corrected chi connectivity index (χ4v) is 2.39. The summed E-state index contributed by atoms with van der Waals surface area (Å²) in [5.74, 6) is 0.0420. The molecule has 22 heavy (non-hydrogen) atoms. The van der Waals surface area contributed by atoms with Crippen molar-refractivity contribution in [1.29, 1.82) is 0 Å². The third-order valence-corrected chi connectivity index (χ3v) is 3.38. The van der Waals surface area contributed by atoms with Crippen LogP contribution in [0.1, 0.15) is 18.4 Å². The van der Waals surface area contributed by atoms with Gasteiger partial charge in [0.15, 0.2) is 0 Å². The van der Waals surface area contributed by atoms with Crippen molar-refractivity contribution in [3.63, 3.8) is 0 Å². The van der Waals surface area contributed by atoms with E-state index in [4.69, 9.17) is 0 Å². The zero-order valence-corrected chi connectivity index (χ0v) is 13.6. The number of rotatable bonds is 4. The van der Waals surface area contributed by atoms with Gasteiger partial charge in [-0.2, -0.15) is 5.10 Å². The van der Waals surface area contributed by atoms with Crippen molar-refractivity contribution in [3.8, 4) is 0 Å². The second kappa shape index (κ2) is 8.73. The minimum absolute atomic E-state index is 0. The highest BCUT2D eigenvalue weighted by molar-refractivity contribution is 5.95. The highest BCUT2D eigenvalue weighted by Gasteiger charge is 2.21. The molecule has 8 heteroatoms. The van der Waals surface area contributed by atoms with E-state index in [9.17, 15) is 4.79 Å². The van der Waals surface area contributed by atoms with Crippen LogP contribution in [0.25, 0.3) is 0 Å². The lowest BCUT2D eigenvalue weighted by atomic mass is 10.1. The number of amides is 1. The van der Waals surface area contributed by atoms with Gasteiger partial charge in [-0.25, -0.2) is 9.67 Å². The smallest absolute Gasteiger partial charge is 0.241 e. The first-order valence-corrected chi connectivity index (χ1v) is 6.77. The second-order valence-corrected chi connectivity index (χ2v) is 4.93. The molecular weight excluding hydrogens is 325 g/mol. The van der Waals surface area contributed by atoms with E-state index in [0.29, 0.717) is 6.54 Å². The van der Waals surface area contributed by atoms with Crippen LogP contribution in [-0.4, -0.2) is 33.3 Å². The molecular formula is C14H19Cl2N5O. The standard InChI is InChI=1S/C14H17N5O.2ClH/c20-14(13-5-2-6-16-13)18-12-4-1-3-11(7-12)8-19-10-15-9-17-19;;/h1,3-4,7,9-10,13,16H,2,5-6,8H2,(H,18,20);2*1H. The normalized spacial score (nSPS) is 16.5. The lowest BCUT2D eigenvalue weighted by molar-refractivity contribution is -0.117. The molecule has 0 spiro atoms. The van der Waals surface area contributed by atoms with Crippen LogP contribution in [0.2, 0.25) is 0 Å². The summed E-state index contributed by atoms with van der Waals surface area (Å²) in [7, 11) is 0. The predicted molar refractivity (Wildman–Crippen MR) is 89.7 cm³/mol. The zero-order chi connectivity index (χ0) is 13.8. The van der Waals surface area contributed by atoms with Gasteiger partial charge in [0.2, 0.25) is 5.91 Å². The van der Waals surface area contributed by atoms with Gasteiger partial charge in [0, 0.05) is 5.69 Å². The first-order valence-electron chi connectivity index (χ1n) is 6.77. The molecule has 1 aliphatic heterocycles. The number of halogens is 2. The lowest BCUT2D eigenvalue weighted by Crippen LogP contribution is -2.35. The van der Waals surface area contributed by atoms with Crippen molar-refractivity contribution < 1.29 is 4.79 Å². The molecule has 1 amide bonds. The molecule has 0 aliphatic carbocycles. The van der Waals surface area contributed by atoms with E-state index in [2.05, 4.69) is 20.7 Å². The molecule has 6 nitrogen and oxygen atoms in total. The summed E-state index contributed by atoms with van der Waals surface area (Å²) in [6.07, 6.45) is 5.15. The summed E-state index contributed by atoms with van der Waals surface area (Å²) in [6.45, 7) is 1.57. The Kier molecular flexibility index (Phi) is 7.31. The van der Waals surface area contributed by atoms with Crippen molar-refractivity contribution in [1.82, 2.24) is 20.1 Å². The van der Waals surface area contributed by atoms with Gasteiger partial charge in [-0.05, 0) is 37.1 Å². The van der Waals surface area contributed by atoms with Crippen LogP contribution in [0, 0.1) is 0 Å². The predicted octanol–water partition coefficient (Wildman–Crippen LogP) is 1.86. The van der Waals surface area contributed by atoms with E-state index in [1.54, 1.807) is 11.0 Å². The second-order valence-electron chi connectivity index (χ2n) is 4.93. The molecule has 120 valence electrons. The summed E-state index contributed by atoms with van der Waals surface area (Å²) >= 11 is 0. The Hall–Kier alpha value is -1.63. The van der Waals surface area contributed by atoms with Crippen molar-refractivity contribution in [2.45, 2.75) is 25.4 Å². The maximum absolute atomic E-state index is 12.0. The Balaban J connectivity index is 0.00000121. The first kappa shape index (κ1) is 18.4. The largest absolute Gasteiger partial charge is 0.325 e. The first-order chi connectivity index (χ1) is 9.81. The molecule has 1 atom stereocenters. The van der Waals surface area contributed by atoms with Crippen molar-refractivity contribution in [2.75, 3.05) is 11.9 Å². The minimum Gasteiger partial charge on any atom is -0.325 e. The quantitative estimate of drug-likeness (QED) is 0.888. The Bertz CT molecular complexity index is 585. The third-order valence-electron chi connectivity index (χ3n) is 3.38. The van der Waals surface area contributed by atoms with Crippen LogP contribution in [0.3, 0.4) is 0 Å². The lowest BCUT2D eigenvalue weighted by Gasteiger charge is -2.12. The van der Waals surface area contributed by atoms with Gasteiger partial charge < -0.3 is 10.6 Å². The average molecular weight is 344 g/mol. The molecule has 1 aromatic heterocycles. The SMILES string of the molecule is Cl.Cl.O=C(Nc1cccc(Cn2cncn2)c1)C1CCCN1. The van der Waals surface area contributed by atoms with Gasteiger partial charge >= 0.3 is 0 Å². The molecule has 1 unspecified atom stereocenters. The van der Waals surface area contributed by atoms with Gasteiger partial charge in [0.05, 0.1) is 12.6 Å². The summed E-state index contributed by atoms with van der Waals surface area (Å²) in [5, 5.41) is 10.2. The van der Waals surface area contributed by atoms with Crippen LogP contribution >= 0.6 is 24.8 Å². The fraction of sp³-hybridized carbons (Fsp3) is 0.357. The minimum atomic E-state index is -0.0611. The fourth-order valence-electron chi connectivity index (χ4n) is 2.39. The topological polar surface area (TPSA) is 71.8 Å². The number of aromatic nitrogens is 3. The van der Waals surface area contributed by atoms with E-state index >= 15 is 0 Å². The Morgan fingerprint density at radius 3 is 2.95 bits per heavy atom. The van der Waals surface area contributed by atoms with Gasteiger partial charge in [-0.3, -0.25) is 4.79 Å². The molecule has 1 fully saturated rings. The molecule has 0 bridgehead atoms. The number of hydrogen-bond acceptors (Lipinski definition) is 4. The summed E-state index contributed by atoms with van der Waals surface area (Å²) in [6, 6.07) is 7.75. The van der Waals surface area contributed by atoms with Crippen molar-refractivity contribution in [3.05, 3.63) is 42.5 Å². The molecule has 1 saturated heterocycles. The summed E-state index contributed by atoms with van der Waals surface area (Å²) < 4.78 is 1.75. The van der Waals surface area contributed by atoms with E-state index in [0.717, 1.165) is 30.6 Å². The van der Waals surface area contributed by atoms with Gasteiger partial charge in [-0.15, -0.1) is 24.8 Å². The number of nitrogens with zero attached hydrogens (tertiary/aromatic N) is 3. The van der Waals surface area contributed by atoms with Crippen LogP contribution in [0.4, 0.5) is 5.69 Å². The number of benzene rings is 1. The Morgan fingerprint density at radius 1 is 1.41 bits per heavy atom. The zero-order valence-electron chi connectivity index (χ0n) is 11.9. The summed E-state index contributed by atoms with van der Waals surface area (Å²) in [4.78, 5) is 16.0. The molecule has 2 heterocycles. The molecule has 0 radical (unpaired) electrons. The molecule has 2 N–H and O–H groups in total. The molecule has 1 aliphatic rings. The van der Waals surface area contributed by atoms with Gasteiger partial charge in [0.25, 0.3) is 0 Å². The molecule has 1 aromatic carbocycles. The highest BCUT2D eigenvalue weighted by atomic mass is 35.5. The Labute approximate surface area is 141 Å². The van der Waals surface area contributed by atoms with Crippen LogP contribution in [0.5, 0.6) is 0 Å². The number of carbonyl (C=O) groups excluding carboxylic acids is 1. The van der Waals surface area contributed by atoms with E-state index in [1.807, 2.05) is 24.3 Å². The molecule has 2 aromatic rings. The summed E-state index contributed by atoms with van der Waals surface area (Å²) in [5.41, 5.74) is 1.90.